The highest BCUT2D eigenvalue weighted by atomic mass is 14.2. The first-order valence-corrected chi connectivity index (χ1v) is 8.88. The normalized spacial score (nSPS) is 14.9. The summed E-state index contributed by atoms with van der Waals surface area (Å²) in [5.74, 6) is 0. The Morgan fingerprint density at radius 1 is 0.913 bits per heavy atom. The van der Waals surface area contributed by atoms with E-state index in [1.54, 1.807) is 5.56 Å². The highest BCUT2D eigenvalue weighted by molar-refractivity contribution is 5.69. The zero-order valence-corrected chi connectivity index (χ0v) is 14.9. The lowest BCUT2D eigenvalue weighted by molar-refractivity contribution is 0.590. The van der Waals surface area contributed by atoms with E-state index in [2.05, 4.69) is 76.2 Å². The smallest absolute Gasteiger partial charge is 0.00203 e. The standard InChI is InChI=1S/C23H28/c1-5-17-9-10-21-16-20(8-6-7-19(21)15-17)18-11-13-22(14-12-18)23(2,3)4/h8-15H,5-7,16H2,1-4H3. The molecule has 0 amide bonds. The van der Waals surface area contributed by atoms with Crippen LogP contribution in [0.4, 0.5) is 0 Å². The molecule has 0 bridgehead atoms. The van der Waals surface area contributed by atoms with Crippen molar-refractivity contribution < 1.29 is 0 Å². The lowest BCUT2D eigenvalue weighted by Gasteiger charge is -2.19. The Balaban J connectivity index is 1.87. The van der Waals surface area contributed by atoms with Gasteiger partial charge < -0.3 is 0 Å². The predicted octanol–water partition coefficient (Wildman–Crippen LogP) is 6.12. The van der Waals surface area contributed by atoms with Crippen LogP contribution in [-0.2, 0) is 24.7 Å². The van der Waals surface area contributed by atoms with E-state index in [-0.39, 0.29) is 5.41 Å². The zero-order chi connectivity index (χ0) is 16.4. The second-order valence-electron chi connectivity index (χ2n) is 7.73. The van der Waals surface area contributed by atoms with Gasteiger partial charge in [0.1, 0.15) is 0 Å². The number of hydrogen-bond acceptors (Lipinski definition) is 0. The summed E-state index contributed by atoms with van der Waals surface area (Å²) in [5, 5.41) is 0. The van der Waals surface area contributed by atoms with Gasteiger partial charge in [-0.05, 0) is 64.5 Å². The van der Waals surface area contributed by atoms with Crippen LogP contribution >= 0.6 is 0 Å². The molecule has 0 N–H and O–H groups in total. The Morgan fingerprint density at radius 2 is 1.65 bits per heavy atom. The van der Waals surface area contributed by atoms with E-state index in [9.17, 15) is 0 Å². The molecule has 23 heavy (non-hydrogen) atoms. The third-order valence-corrected chi connectivity index (χ3v) is 4.99. The molecule has 0 unspecified atom stereocenters. The summed E-state index contributed by atoms with van der Waals surface area (Å²) >= 11 is 0. The summed E-state index contributed by atoms with van der Waals surface area (Å²) in [4.78, 5) is 0. The van der Waals surface area contributed by atoms with Gasteiger partial charge in [0.05, 0.1) is 0 Å². The van der Waals surface area contributed by atoms with Crippen molar-refractivity contribution in [3.05, 3.63) is 76.4 Å². The molecule has 0 radical (unpaired) electrons. The van der Waals surface area contributed by atoms with Crippen LogP contribution in [0, 0.1) is 0 Å². The highest BCUT2D eigenvalue weighted by Crippen LogP contribution is 2.29. The van der Waals surface area contributed by atoms with Crippen LogP contribution in [0.3, 0.4) is 0 Å². The van der Waals surface area contributed by atoms with Gasteiger partial charge in [0, 0.05) is 0 Å². The Kier molecular flexibility index (Phi) is 4.43. The lowest BCUT2D eigenvalue weighted by Crippen LogP contribution is -2.10. The minimum Gasteiger partial charge on any atom is -0.0801 e. The maximum absolute atomic E-state index is 2.44. The molecule has 0 heteroatoms. The fourth-order valence-electron chi connectivity index (χ4n) is 3.39. The van der Waals surface area contributed by atoms with E-state index in [1.807, 2.05) is 0 Å². The van der Waals surface area contributed by atoms with Crippen LogP contribution in [-0.4, -0.2) is 0 Å². The highest BCUT2D eigenvalue weighted by Gasteiger charge is 2.15. The van der Waals surface area contributed by atoms with Crippen LogP contribution in [0.5, 0.6) is 0 Å². The number of rotatable bonds is 2. The van der Waals surface area contributed by atoms with Crippen LogP contribution in [0.2, 0.25) is 0 Å². The molecule has 3 rings (SSSR count). The monoisotopic (exact) mass is 304 g/mol. The molecule has 0 saturated heterocycles. The van der Waals surface area contributed by atoms with Gasteiger partial charge in [-0.3, -0.25) is 0 Å². The van der Waals surface area contributed by atoms with Crippen molar-refractivity contribution in [2.75, 3.05) is 0 Å². The summed E-state index contributed by atoms with van der Waals surface area (Å²) in [6.45, 7) is 9.05. The van der Waals surface area contributed by atoms with Gasteiger partial charge in [0.15, 0.2) is 0 Å². The lowest BCUT2D eigenvalue weighted by atomic mass is 9.86. The Labute approximate surface area is 141 Å². The molecule has 0 saturated carbocycles. The SMILES string of the molecule is CCc1ccc2c(c1)CCC=C(c1ccc(C(C)(C)C)cc1)C2. The van der Waals surface area contributed by atoms with Crippen molar-refractivity contribution in [1.29, 1.82) is 0 Å². The molecule has 0 fully saturated rings. The molecule has 0 spiro atoms. The van der Waals surface area contributed by atoms with Gasteiger partial charge in [-0.2, -0.15) is 0 Å². The Hall–Kier alpha value is -1.82. The largest absolute Gasteiger partial charge is 0.0801 e. The van der Waals surface area contributed by atoms with E-state index < -0.39 is 0 Å². The van der Waals surface area contributed by atoms with Crippen molar-refractivity contribution in [2.45, 2.75) is 58.8 Å². The van der Waals surface area contributed by atoms with Gasteiger partial charge in [-0.15, -0.1) is 0 Å². The van der Waals surface area contributed by atoms with Gasteiger partial charge >= 0.3 is 0 Å². The molecular formula is C23H28. The zero-order valence-electron chi connectivity index (χ0n) is 14.9. The number of aryl methyl sites for hydroxylation is 2. The third-order valence-electron chi connectivity index (χ3n) is 4.99. The van der Waals surface area contributed by atoms with Gasteiger partial charge in [0.25, 0.3) is 0 Å². The number of fused-ring (bicyclic) bond motifs is 1. The summed E-state index contributed by atoms with van der Waals surface area (Å²) in [6.07, 6.45) is 6.96. The Morgan fingerprint density at radius 3 is 2.30 bits per heavy atom. The summed E-state index contributed by atoms with van der Waals surface area (Å²) in [6, 6.07) is 16.2. The number of allylic oxidation sites excluding steroid dienone is 2. The molecule has 2 aromatic rings. The molecule has 0 aliphatic heterocycles. The summed E-state index contributed by atoms with van der Waals surface area (Å²) < 4.78 is 0. The second-order valence-corrected chi connectivity index (χ2v) is 7.73. The molecule has 2 aromatic carbocycles. The summed E-state index contributed by atoms with van der Waals surface area (Å²) in [7, 11) is 0. The predicted molar refractivity (Wildman–Crippen MR) is 101 cm³/mol. The molecule has 0 aromatic heterocycles. The molecular weight excluding hydrogens is 276 g/mol. The average Bonchev–Trinajstić information content (AvgIpc) is 2.75. The minimum atomic E-state index is 0.222. The van der Waals surface area contributed by atoms with Crippen molar-refractivity contribution in [1.82, 2.24) is 0 Å². The maximum atomic E-state index is 2.44. The van der Waals surface area contributed by atoms with Crippen molar-refractivity contribution in [3.8, 4) is 0 Å². The number of hydrogen-bond donors (Lipinski definition) is 0. The first-order valence-electron chi connectivity index (χ1n) is 8.88. The van der Waals surface area contributed by atoms with Gasteiger partial charge in [0.2, 0.25) is 0 Å². The molecule has 120 valence electrons. The average molecular weight is 304 g/mol. The van der Waals surface area contributed by atoms with E-state index in [0.29, 0.717) is 0 Å². The van der Waals surface area contributed by atoms with Crippen LogP contribution < -0.4 is 0 Å². The summed E-state index contributed by atoms with van der Waals surface area (Å²) in [5.41, 5.74) is 9.00. The van der Waals surface area contributed by atoms with Gasteiger partial charge in [-0.25, -0.2) is 0 Å². The number of benzene rings is 2. The maximum Gasteiger partial charge on any atom is -0.00203 e. The quantitative estimate of drug-likeness (QED) is 0.627. The van der Waals surface area contributed by atoms with Crippen LogP contribution in [0.25, 0.3) is 5.57 Å². The van der Waals surface area contributed by atoms with E-state index in [0.717, 1.165) is 19.3 Å². The fraction of sp³-hybridized carbons (Fsp3) is 0.391. The Bertz CT molecular complexity index is 709. The third kappa shape index (κ3) is 3.58. The molecule has 1 aliphatic carbocycles. The molecule has 0 nitrogen and oxygen atoms in total. The topological polar surface area (TPSA) is 0 Å². The van der Waals surface area contributed by atoms with Crippen LogP contribution in [0.1, 0.15) is 61.9 Å². The van der Waals surface area contributed by atoms with Crippen molar-refractivity contribution in [3.63, 3.8) is 0 Å². The molecule has 1 aliphatic rings. The van der Waals surface area contributed by atoms with Crippen LogP contribution in [0.15, 0.2) is 48.5 Å². The van der Waals surface area contributed by atoms with E-state index >= 15 is 0 Å². The van der Waals surface area contributed by atoms with E-state index in [4.69, 9.17) is 0 Å². The first kappa shape index (κ1) is 16.1. The fourth-order valence-corrected chi connectivity index (χ4v) is 3.39. The van der Waals surface area contributed by atoms with Crippen molar-refractivity contribution in [2.24, 2.45) is 0 Å². The minimum absolute atomic E-state index is 0.222. The second kappa shape index (κ2) is 6.35. The first-order chi connectivity index (χ1) is 11.0. The van der Waals surface area contributed by atoms with Crippen molar-refractivity contribution >= 4 is 5.57 Å². The van der Waals surface area contributed by atoms with Gasteiger partial charge in [-0.1, -0.05) is 76.2 Å². The van der Waals surface area contributed by atoms with E-state index in [1.165, 1.54) is 34.2 Å². The molecule has 0 heterocycles. The molecule has 0 atom stereocenters.